The monoisotopic (exact) mass is 980 g/mol. The average molecular weight is 981 g/mol. The molecule has 0 spiro atoms. The van der Waals surface area contributed by atoms with Gasteiger partial charge in [0.15, 0.2) is 12.4 Å². The van der Waals surface area contributed by atoms with Crippen molar-refractivity contribution in [2.24, 2.45) is 0 Å². The predicted molar refractivity (Wildman–Crippen MR) is 283 cm³/mol. The van der Waals surface area contributed by atoms with Gasteiger partial charge in [0.25, 0.3) is 0 Å². The van der Waals surface area contributed by atoms with Gasteiger partial charge < -0.3 is 45.1 Å². The summed E-state index contributed by atoms with van der Waals surface area (Å²) < 4.78 is 17.6. The second-order valence-corrected chi connectivity index (χ2v) is 20.4. The molecule has 6 N–H and O–H groups in total. The van der Waals surface area contributed by atoms with Crippen molar-refractivity contribution in [2.45, 2.75) is 320 Å². The second kappa shape index (κ2) is 47.2. The number of carbonyl (C=O) groups is 2. The van der Waals surface area contributed by atoms with Crippen molar-refractivity contribution in [3.8, 4) is 0 Å². The topological polar surface area (TPSA) is 175 Å². The summed E-state index contributed by atoms with van der Waals surface area (Å²) in [5.74, 6) is -1.20. The molecule has 1 rings (SSSR count). The van der Waals surface area contributed by atoms with E-state index in [-0.39, 0.29) is 19.4 Å². The van der Waals surface area contributed by atoms with Crippen LogP contribution >= 0.6 is 0 Å². The lowest BCUT2D eigenvalue weighted by Gasteiger charge is -2.41. The molecular formula is C58H109NO10. The highest BCUT2D eigenvalue weighted by Gasteiger charge is 2.47. The largest absolute Gasteiger partial charge is 0.454 e. The number of unbranched alkanes of at least 4 members (excludes halogenated alkanes) is 33. The summed E-state index contributed by atoms with van der Waals surface area (Å²) in [6.45, 7) is 5.78. The highest BCUT2D eigenvalue weighted by molar-refractivity contribution is 5.80. The van der Waals surface area contributed by atoms with E-state index in [9.17, 15) is 35.1 Å². The summed E-state index contributed by atoms with van der Waals surface area (Å²) in [6, 6.07) is -1.03. The molecule has 8 atom stereocenters. The number of aliphatic hydroxyl groups is 5. The molecule has 0 saturated carbocycles. The molecule has 69 heavy (non-hydrogen) atoms. The minimum Gasteiger partial charge on any atom is -0.454 e. The molecule has 8 unspecified atom stereocenters. The van der Waals surface area contributed by atoms with Gasteiger partial charge in [-0.1, -0.05) is 238 Å². The summed E-state index contributed by atoms with van der Waals surface area (Å²) in [5, 5.41) is 56.8. The molecule has 1 fully saturated rings. The van der Waals surface area contributed by atoms with Crippen molar-refractivity contribution in [2.75, 3.05) is 13.2 Å². The van der Waals surface area contributed by atoms with Crippen LogP contribution in [0.5, 0.6) is 0 Å². The number of esters is 1. The molecule has 0 aromatic carbocycles. The van der Waals surface area contributed by atoms with Crippen molar-refractivity contribution in [3.05, 3.63) is 24.3 Å². The van der Waals surface area contributed by atoms with E-state index in [4.69, 9.17) is 14.2 Å². The first-order chi connectivity index (χ1) is 33.7. The van der Waals surface area contributed by atoms with Crippen LogP contribution in [0.4, 0.5) is 0 Å². The van der Waals surface area contributed by atoms with E-state index in [1.54, 1.807) is 6.08 Å². The zero-order valence-corrected chi connectivity index (χ0v) is 44.7. The SMILES string of the molecule is CCCCCCCCC/C=C\CCCCC(O)C(=O)NC(COC1OC(CO)C(O)C(O)C1OC(=O)CCCCCCCCCCCCCCCC)C(O)/C=C/CCCCCCCCCCCCC. The molecule has 1 saturated heterocycles. The fourth-order valence-corrected chi connectivity index (χ4v) is 9.18. The van der Waals surface area contributed by atoms with Crippen LogP contribution in [0.1, 0.15) is 271 Å². The number of rotatable bonds is 49. The highest BCUT2D eigenvalue weighted by atomic mass is 16.7. The number of amides is 1. The van der Waals surface area contributed by atoms with Gasteiger partial charge in [-0.25, -0.2) is 0 Å². The van der Waals surface area contributed by atoms with Crippen LogP contribution < -0.4 is 5.32 Å². The molecule has 11 heteroatoms. The first-order valence-corrected chi connectivity index (χ1v) is 29.1. The minimum atomic E-state index is -1.61. The summed E-state index contributed by atoms with van der Waals surface area (Å²) in [7, 11) is 0. The van der Waals surface area contributed by atoms with E-state index in [2.05, 4.69) is 38.2 Å². The number of nitrogens with one attached hydrogen (secondary N) is 1. The molecule has 0 bridgehead atoms. The molecule has 1 amide bonds. The molecule has 0 aromatic rings. The molecule has 0 aromatic heterocycles. The van der Waals surface area contributed by atoms with Gasteiger partial charge >= 0.3 is 5.97 Å². The van der Waals surface area contributed by atoms with Crippen molar-refractivity contribution < 1.29 is 49.3 Å². The number of carbonyl (C=O) groups excluding carboxylic acids is 2. The Morgan fingerprint density at radius 3 is 1.41 bits per heavy atom. The van der Waals surface area contributed by atoms with Crippen molar-refractivity contribution in [1.82, 2.24) is 5.32 Å². The number of ether oxygens (including phenoxy) is 3. The first-order valence-electron chi connectivity index (χ1n) is 29.1. The van der Waals surface area contributed by atoms with Crippen LogP contribution in [-0.2, 0) is 23.8 Å². The summed E-state index contributed by atoms with van der Waals surface area (Å²) in [6.07, 6.45) is 42.2. The van der Waals surface area contributed by atoms with Crippen LogP contribution in [0.3, 0.4) is 0 Å². The minimum absolute atomic E-state index is 0.127. The molecule has 1 aliphatic rings. The van der Waals surface area contributed by atoms with Gasteiger partial charge in [-0.15, -0.1) is 0 Å². The van der Waals surface area contributed by atoms with Gasteiger partial charge in [-0.3, -0.25) is 9.59 Å². The third-order valence-electron chi connectivity index (χ3n) is 13.9. The Morgan fingerprint density at radius 2 is 0.957 bits per heavy atom. The van der Waals surface area contributed by atoms with E-state index in [1.807, 2.05) is 6.08 Å². The Labute approximate surface area is 422 Å². The first kappa shape index (κ1) is 65.2. The van der Waals surface area contributed by atoms with Gasteiger partial charge in [0.1, 0.15) is 24.4 Å². The maximum atomic E-state index is 13.4. The average Bonchev–Trinajstić information content (AvgIpc) is 3.34. The van der Waals surface area contributed by atoms with Crippen LogP contribution in [0.15, 0.2) is 24.3 Å². The second-order valence-electron chi connectivity index (χ2n) is 20.4. The van der Waals surface area contributed by atoms with E-state index >= 15 is 0 Å². The van der Waals surface area contributed by atoms with Gasteiger partial charge in [0.05, 0.1) is 25.4 Å². The fraction of sp³-hybridized carbons (Fsp3) is 0.897. The molecule has 0 aliphatic carbocycles. The van der Waals surface area contributed by atoms with Crippen LogP contribution in [0.25, 0.3) is 0 Å². The van der Waals surface area contributed by atoms with Gasteiger partial charge in [-0.05, 0) is 51.4 Å². The van der Waals surface area contributed by atoms with Crippen molar-refractivity contribution in [3.63, 3.8) is 0 Å². The van der Waals surface area contributed by atoms with Gasteiger partial charge in [0.2, 0.25) is 5.91 Å². The lowest BCUT2D eigenvalue weighted by atomic mass is 9.99. The maximum absolute atomic E-state index is 13.4. The molecule has 0 radical (unpaired) electrons. The number of allylic oxidation sites excluding steroid dienone is 3. The summed E-state index contributed by atoms with van der Waals surface area (Å²) in [4.78, 5) is 26.4. The van der Waals surface area contributed by atoms with Crippen molar-refractivity contribution >= 4 is 11.9 Å². The smallest absolute Gasteiger partial charge is 0.306 e. The fourth-order valence-electron chi connectivity index (χ4n) is 9.18. The zero-order valence-electron chi connectivity index (χ0n) is 44.7. The molecule has 406 valence electrons. The molecule has 1 heterocycles. The van der Waals surface area contributed by atoms with E-state index in [1.165, 1.54) is 167 Å². The summed E-state index contributed by atoms with van der Waals surface area (Å²) in [5.41, 5.74) is 0. The quantitative estimate of drug-likeness (QED) is 0.0196. The molecular weight excluding hydrogens is 871 g/mol. The van der Waals surface area contributed by atoms with Crippen LogP contribution in [0.2, 0.25) is 0 Å². The predicted octanol–water partition coefficient (Wildman–Crippen LogP) is 12.9. The maximum Gasteiger partial charge on any atom is 0.306 e. The van der Waals surface area contributed by atoms with E-state index in [0.717, 1.165) is 57.8 Å². The lowest BCUT2D eigenvalue weighted by Crippen LogP contribution is -2.61. The zero-order chi connectivity index (χ0) is 50.4. The number of aliphatic hydroxyl groups excluding tert-OH is 5. The molecule has 1 aliphatic heterocycles. The Balaban J connectivity index is 2.75. The van der Waals surface area contributed by atoms with Crippen LogP contribution in [-0.4, -0.2) is 99.6 Å². The molecule has 11 nitrogen and oxygen atoms in total. The Bertz CT molecular complexity index is 1220. The number of hydrogen-bond acceptors (Lipinski definition) is 10. The summed E-state index contributed by atoms with van der Waals surface area (Å²) >= 11 is 0. The highest BCUT2D eigenvalue weighted by Crippen LogP contribution is 2.26. The van der Waals surface area contributed by atoms with Crippen molar-refractivity contribution in [1.29, 1.82) is 0 Å². The third-order valence-corrected chi connectivity index (χ3v) is 13.9. The van der Waals surface area contributed by atoms with E-state index in [0.29, 0.717) is 12.8 Å². The number of hydrogen-bond donors (Lipinski definition) is 6. The Kier molecular flexibility index (Phi) is 44.5. The Hall–Kier alpha value is -1.86. The van der Waals surface area contributed by atoms with Gasteiger partial charge in [0, 0.05) is 6.42 Å². The van der Waals surface area contributed by atoms with Gasteiger partial charge in [-0.2, -0.15) is 0 Å². The van der Waals surface area contributed by atoms with Crippen LogP contribution in [0, 0.1) is 0 Å². The standard InChI is InChI=1S/C58H109NO10/c1-4-7-10-13-16-19-22-25-28-31-34-37-40-43-46-53(63)69-56-55(65)54(64)52(47-60)68-58(56)67-48-49(50(61)44-41-38-35-32-29-26-23-20-17-14-11-8-5-2)59-57(66)51(62)45-42-39-36-33-30-27-24-21-18-15-12-9-6-3/h30,33,41,44,49-52,54-56,58,60-62,64-65H,4-29,31-32,34-40,42-43,45-48H2,1-3H3,(H,59,66)/b33-30-,44-41+. The van der Waals surface area contributed by atoms with E-state index < -0.39 is 67.4 Å². The normalized spacial score (nSPS) is 19.9. The third kappa shape index (κ3) is 35.8. The Morgan fingerprint density at radius 1 is 0.551 bits per heavy atom. The lowest BCUT2D eigenvalue weighted by molar-refractivity contribution is -0.305.